The molecule has 3 N–H and O–H groups in total. The van der Waals surface area contributed by atoms with E-state index in [1.165, 1.54) is 54.6 Å². The van der Waals surface area contributed by atoms with Gasteiger partial charge in [0.1, 0.15) is 16.5 Å². The van der Waals surface area contributed by atoms with Gasteiger partial charge in [-0.15, -0.1) is 0 Å². The van der Waals surface area contributed by atoms with Gasteiger partial charge in [-0.1, -0.05) is 35.9 Å². The normalized spacial score (nSPS) is 13.9. The van der Waals surface area contributed by atoms with E-state index in [0.717, 1.165) is 18.2 Å². The molecule has 0 saturated carbocycles. The van der Waals surface area contributed by atoms with Gasteiger partial charge in [-0.05, 0) is 48.5 Å². The van der Waals surface area contributed by atoms with Gasteiger partial charge in [-0.3, -0.25) is 18.9 Å². The van der Waals surface area contributed by atoms with Gasteiger partial charge < -0.3 is 10.6 Å². The first-order chi connectivity index (χ1) is 16.6. The molecule has 0 spiro atoms. The number of benzene rings is 3. The van der Waals surface area contributed by atoms with E-state index >= 15 is 0 Å². The first-order valence-corrected chi connectivity index (χ1v) is 11.7. The lowest BCUT2D eigenvalue weighted by atomic mass is 10.1. The molecule has 35 heavy (non-hydrogen) atoms. The fraction of sp³-hybridized carbons (Fsp3) is 0. The molecular weight excluding hydrogens is 501 g/mol. The molecule has 12 heteroatoms. The zero-order valence-electron chi connectivity index (χ0n) is 17.5. The predicted octanol–water partition coefficient (Wildman–Crippen LogP) is 3.76. The van der Waals surface area contributed by atoms with Crippen LogP contribution in [-0.2, 0) is 19.7 Å². The maximum absolute atomic E-state index is 14.2. The zero-order chi connectivity index (χ0) is 25.3. The van der Waals surface area contributed by atoms with Gasteiger partial charge in [0.05, 0.1) is 10.6 Å². The van der Waals surface area contributed by atoms with Gasteiger partial charge in [-0.25, -0.2) is 9.29 Å². The molecule has 0 unspecified atom stereocenters. The van der Waals surface area contributed by atoms with Crippen molar-refractivity contribution in [1.82, 2.24) is 0 Å². The Morgan fingerprint density at radius 1 is 0.914 bits per heavy atom. The third-order valence-corrected chi connectivity index (χ3v) is 6.10. The first-order valence-electron chi connectivity index (χ1n) is 9.85. The van der Waals surface area contributed by atoms with Crippen molar-refractivity contribution in [3.8, 4) is 0 Å². The molecule has 3 aromatic rings. The summed E-state index contributed by atoms with van der Waals surface area (Å²) in [6.07, 6.45) is 0. The highest BCUT2D eigenvalue weighted by Gasteiger charge is 2.40. The lowest BCUT2D eigenvalue weighted by molar-refractivity contribution is -0.120. The first kappa shape index (κ1) is 24.1. The predicted molar refractivity (Wildman–Crippen MR) is 126 cm³/mol. The van der Waals surface area contributed by atoms with Crippen LogP contribution >= 0.6 is 11.6 Å². The molecule has 3 aromatic carbocycles. The number of hydrogen-bond donors (Lipinski definition) is 3. The number of hydrogen-bond acceptors (Lipinski definition) is 6. The molecule has 9 nitrogen and oxygen atoms in total. The Labute approximate surface area is 203 Å². The molecule has 0 fully saturated rings. The molecule has 0 aromatic heterocycles. The Balaban J connectivity index is 1.55. The number of anilines is 3. The van der Waals surface area contributed by atoms with Crippen LogP contribution in [0.2, 0.25) is 0 Å². The second-order valence-electron chi connectivity index (χ2n) is 7.25. The summed E-state index contributed by atoms with van der Waals surface area (Å²) in [7, 11) is -4.45. The Kier molecular flexibility index (Phi) is 6.39. The Morgan fingerprint density at radius 3 is 2.31 bits per heavy atom. The average molecular weight is 516 g/mol. The number of halogens is 2. The van der Waals surface area contributed by atoms with E-state index in [0.29, 0.717) is 4.90 Å². The molecule has 0 atom stereocenters. The minimum Gasteiger partial charge on any atom is -0.350 e. The fourth-order valence-electron chi connectivity index (χ4n) is 3.28. The van der Waals surface area contributed by atoms with Crippen molar-refractivity contribution < 1.29 is 31.7 Å². The fourth-order valence-corrected chi connectivity index (χ4v) is 4.02. The zero-order valence-corrected chi connectivity index (χ0v) is 19.1. The number of carbonyl (C=O) groups is 3. The number of imide groups is 1. The highest BCUT2D eigenvalue weighted by atomic mass is 35.5. The highest BCUT2D eigenvalue weighted by Crippen LogP contribution is 2.31. The summed E-state index contributed by atoms with van der Waals surface area (Å²) in [4.78, 5) is 38.2. The quantitative estimate of drug-likeness (QED) is 0.336. The standard InChI is InChI=1S/C23H15ClFN3O6S/c24-19-20(23(31)28(22(19)30)18-10-2-1-9-17(18)25)26-14-6-3-5-13(11-14)21(29)27-15-7-4-8-16(12-15)35(32,33)34/h1-12,26H,(H,27,29)(H,32,33,34). The lowest BCUT2D eigenvalue weighted by Crippen LogP contribution is -2.33. The molecule has 0 bridgehead atoms. The molecular formula is C23H15ClFN3O6S. The van der Waals surface area contributed by atoms with Crippen LogP contribution in [0.15, 0.2) is 88.4 Å². The number of para-hydroxylation sites is 1. The second kappa shape index (κ2) is 9.29. The van der Waals surface area contributed by atoms with Crippen molar-refractivity contribution in [2.24, 2.45) is 0 Å². The van der Waals surface area contributed by atoms with Gasteiger partial charge >= 0.3 is 0 Å². The summed E-state index contributed by atoms with van der Waals surface area (Å²) >= 11 is 6.07. The maximum Gasteiger partial charge on any atom is 0.294 e. The molecule has 0 radical (unpaired) electrons. The van der Waals surface area contributed by atoms with Crippen molar-refractivity contribution in [2.75, 3.05) is 15.5 Å². The number of carbonyl (C=O) groups excluding carboxylic acids is 3. The minimum atomic E-state index is -4.45. The third kappa shape index (κ3) is 4.92. The summed E-state index contributed by atoms with van der Waals surface area (Å²) < 4.78 is 45.9. The van der Waals surface area contributed by atoms with Crippen LogP contribution in [0.1, 0.15) is 10.4 Å². The SMILES string of the molecule is O=C(Nc1cccc(S(=O)(=O)O)c1)c1cccc(NC2=C(Cl)C(=O)N(c3ccccc3F)C2=O)c1. The van der Waals surface area contributed by atoms with Crippen LogP contribution in [0.3, 0.4) is 0 Å². The number of nitrogens with one attached hydrogen (secondary N) is 2. The van der Waals surface area contributed by atoms with Crippen LogP contribution in [0.25, 0.3) is 0 Å². The maximum atomic E-state index is 14.2. The van der Waals surface area contributed by atoms with Gasteiger partial charge in [-0.2, -0.15) is 8.42 Å². The molecule has 4 rings (SSSR count). The third-order valence-electron chi connectivity index (χ3n) is 4.90. The van der Waals surface area contributed by atoms with Crippen molar-refractivity contribution in [1.29, 1.82) is 0 Å². The summed E-state index contributed by atoms with van der Waals surface area (Å²) in [5, 5.41) is 4.75. The van der Waals surface area contributed by atoms with Gasteiger partial charge in [0.25, 0.3) is 27.8 Å². The van der Waals surface area contributed by atoms with Gasteiger partial charge in [0.15, 0.2) is 0 Å². The summed E-state index contributed by atoms with van der Waals surface area (Å²) in [5.41, 5.74) is -0.0805. The van der Waals surface area contributed by atoms with Crippen molar-refractivity contribution in [2.45, 2.75) is 4.90 Å². The van der Waals surface area contributed by atoms with Crippen LogP contribution in [0, 0.1) is 5.82 Å². The van der Waals surface area contributed by atoms with Crippen LogP contribution in [0.4, 0.5) is 21.5 Å². The molecule has 3 amide bonds. The number of nitrogens with zero attached hydrogens (tertiary/aromatic N) is 1. The molecule has 0 saturated heterocycles. The molecule has 1 aliphatic heterocycles. The number of rotatable bonds is 6. The van der Waals surface area contributed by atoms with E-state index < -0.39 is 43.6 Å². The van der Waals surface area contributed by atoms with E-state index in [9.17, 15) is 27.2 Å². The lowest BCUT2D eigenvalue weighted by Gasteiger charge is -2.15. The smallest absolute Gasteiger partial charge is 0.294 e. The van der Waals surface area contributed by atoms with Crippen molar-refractivity contribution in [3.05, 3.63) is 94.9 Å². The second-order valence-corrected chi connectivity index (χ2v) is 9.05. The monoisotopic (exact) mass is 515 g/mol. The molecule has 178 valence electrons. The van der Waals surface area contributed by atoms with E-state index in [2.05, 4.69) is 10.6 Å². The average Bonchev–Trinajstić information content (AvgIpc) is 3.02. The van der Waals surface area contributed by atoms with Crippen molar-refractivity contribution >= 4 is 56.5 Å². The van der Waals surface area contributed by atoms with E-state index in [-0.39, 0.29) is 28.3 Å². The largest absolute Gasteiger partial charge is 0.350 e. The molecule has 1 heterocycles. The minimum absolute atomic E-state index is 0.117. The van der Waals surface area contributed by atoms with Crippen molar-refractivity contribution in [3.63, 3.8) is 0 Å². The summed E-state index contributed by atoms with van der Waals surface area (Å²) in [6.45, 7) is 0. The van der Waals surface area contributed by atoms with Crippen LogP contribution < -0.4 is 15.5 Å². The van der Waals surface area contributed by atoms with Crippen LogP contribution in [0.5, 0.6) is 0 Å². The Bertz CT molecular complexity index is 1520. The van der Waals surface area contributed by atoms with E-state index in [1.807, 2.05) is 0 Å². The van der Waals surface area contributed by atoms with Gasteiger partial charge in [0, 0.05) is 16.9 Å². The van der Waals surface area contributed by atoms with Gasteiger partial charge in [0.2, 0.25) is 0 Å². The number of amides is 3. The highest BCUT2D eigenvalue weighted by molar-refractivity contribution is 7.85. The van der Waals surface area contributed by atoms with E-state index in [4.69, 9.17) is 16.2 Å². The van der Waals surface area contributed by atoms with E-state index in [1.54, 1.807) is 0 Å². The molecule has 0 aliphatic carbocycles. The molecule has 1 aliphatic rings. The summed E-state index contributed by atoms with van der Waals surface area (Å²) in [6, 6.07) is 16.1. The summed E-state index contributed by atoms with van der Waals surface area (Å²) in [5.74, 6) is -3.18. The van der Waals surface area contributed by atoms with Crippen LogP contribution in [-0.4, -0.2) is 30.7 Å². The Morgan fingerprint density at radius 2 is 1.60 bits per heavy atom. The topological polar surface area (TPSA) is 133 Å². The Hall–Kier alpha value is -4.06.